The Bertz CT molecular complexity index is 1120. The first kappa shape index (κ1) is 24.7. The molecule has 34 heavy (non-hydrogen) atoms. The number of nitrogens with zero attached hydrogens (tertiary/aromatic N) is 1. The lowest BCUT2D eigenvalue weighted by molar-refractivity contribution is -0.125. The summed E-state index contributed by atoms with van der Waals surface area (Å²) in [5, 5.41) is 3.00. The molecule has 2 bridgehead atoms. The summed E-state index contributed by atoms with van der Waals surface area (Å²) in [4.78, 5) is 13.5. The van der Waals surface area contributed by atoms with Gasteiger partial charge in [0.15, 0.2) is 0 Å². The molecule has 3 aliphatic rings. The third kappa shape index (κ3) is 5.15. The molecule has 6 nitrogen and oxygen atoms in total. The lowest BCUT2D eigenvalue weighted by Crippen LogP contribution is -2.57. The number of amides is 1. The number of carbonyl (C=O) groups is 1. The number of anilines is 1. The Morgan fingerprint density at radius 3 is 2.24 bits per heavy atom. The molecular weight excluding hydrogens is 448 g/mol. The predicted molar refractivity (Wildman–Crippen MR) is 134 cm³/mol. The van der Waals surface area contributed by atoms with Crippen LogP contribution in [-0.4, -0.2) is 37.3 Å². The number of ether oxygens (including phenoxy) is 1. The minimum absolute atomic E-state index is 0.0468. The molecule has 1 saturated carbocycles. The monoisotopic (exact) mass is 484 g/mol. The van der Waals surface area contributed by atoms with Crippen molar-refractivity contribution in [3.05, 3.63) is 54.1 Å². The van der Waals surface area contributed by atoms with Crippen LogP contribution in [0.25, 0.3) is 0 Å². The number of nitrogens with one attached hydrogen (secondary N) is 1. The molecule has 0 aromatic heterocycles. The third-order valence-electron chi connectivity index (χ3n) is 6.89. The first-order chi connectivity index (χ1) is 15.9. The predicted octanol–water partition coefficient (Wildman–Crippen LogP) is 5.20. The number of rotatable bonds is 6. The molecule has 0 radical (unpaired) electrons. The molecule has 2 aromatic rings. The quantitative estimate of drug-likeness (QED) is 0.612. The zero-order chi connectivity index (χ0) is 24.7. The van der Waals surface area contributed by atoms with E-state index in [-0.39, 0.29) is 35.3 Å². The summed E-state index contributed by atoms with van der Waals surface area (Å²) in [5.41, 5.74) is 1.73. The molecule has 2 aromatic carbocycles. The second-order valence-corrected chi connectivity index (χ2v) is 12.8. The van der Waals surface area contributed by atoms with E-state index in [2.05, 4.69) is 26.1 Å². The van der Waals surface area contributed by atoms with Crippen molar-refractivity contribution in [2.24, 2.45) is 11.8 Å². The van der Waals surface area contributed by atoms with E-state index in [1.54, 1.807) is 16.4 Å². The summed E-state index contributed by atoms with van der Waals surface area (Å²) in [6.45, 7) is 10.7. The van der Waals surface area contributed by atoms with Crippen LogP contribution in [0, 0.1) is 11.8 Å². The molecule has 5 rings (SSSR count). The van der Waals surface area contributed by atoms with Crippen LogP contribution in [0.3, 0.4) is 0 Å². The fraction of sp³-hybridized carbons (Fsp3) is 0.519. The molecule has 184 valence electrons. The van der Waals surface area contributed by atoms with E-state index in [0.29, 0.717) is 23.5 Å². The van der Waals surface area contributed by atoms with Crippen molar-refractivity contribution in [3.8, 4) is 5.75 Å². The topological polar surface area (TPSA) is 75.7 Å². The summed E-state index contributed by atoms with van der Waals surface area (Å²) in [7, 11) is -3.67. The van der Waals surface area contributed by atoms with Crippen molar-refractivity contribution in [1.82, 2.24) is 4.31 Å². The highest BCUT2D eigenvalue weighted by Gasteiger charge is 2.48. The Kier molecular flexibility index (Phi) is 6.80. The molecule has 3 atom stereocenters. The van der Waals surface area contributed by atoms with Crippen LogP contribution < -0.4 is 10.1 Å². The first-order valence-electron chi connectivity index (χ1n) is 12.1. The van der Waals surface area contributed by atoms with Gasteiger partial charge >= 0.3 is 0 Å². The molecule has 2 heterocycles. The van der Waals surface area contributed by atoms with Crippen LogP contribution in [0.2, 0.25) is 0 Å². The Balaban J connectivity index is 1.50. The second kappa shape index (κ2) is 9.34. The number of hydrogen-bond acceptors (Lipinski definition) is 4. The van der Waals surface area contributed by atoms with Crippen molar-refractivity contribution in [2.75, 3.05) is 11.9 Å². The summed E-state index contributed by atoms with van der Waals surface area (Å²) < 4.78 is 34.4. The molecule has 1 N–H and O–H groups in total. The Labute approximate surface area is 203 Å². The van der Waals surface area contributed by atoms with Gasteiger partial charge in [-0.05, 0) is 86.4 Å². The highest BCUT2D eigenvalue weighted by molar-refractivity contribution is 7.89. The zero-order valence-corrected chi connectivity index (χ0v) is 21.6. The van der Waals surface area contributed by atoms with Gasteiger partial charge in [0.1, 0.15) is 5.75 Å². The van der Waals surface area contributed by atoms with Crippen molar-refractivity contribution < 1.29 is 17.9 Å². The summed E-state index contributed by atoms with van der Waals surface area (Å²) in [6, 6.07) is 14.2. The van der Waals surface area contributed by atoms with E-state index in [1.165, 1.54) is 0 Å². The maximum Gasteiger partial charge on any atom is 0.243 e. The zero-order valence-electron chi connectivity index (χ0n) is 20.7. The van der Waals surface area contributed by atoms with Gasteiger partial charge in [0.05, 0.1) is 16.9 Å². The van der Waals surface area contributed by atoms with Gasteiger partial charge in [0.2, 0.25) is 15.9 Å². The van der Waals surface area contributed by atoms with Crippen LogP contribution in [0.5, 0.6) is 5.75 Å². The second-order valence-electron chi connectivity index (χ2n) is 10.9. The molecule has 2 saturated heterocycles. The molecule has 1 amide bonds. The van der Waals surface area contributed by atoms with Crippen LogP contribution >= 0.6 is 0 Å². The largest absolute Gasteiger partial charge is 0.491 e. The molecule has 7 heteroatoms. The van der Waals surface area contributed by atoms with Gasteiger partial charge in [-0.1, -0.05) is 32.9 Å². The average molecular weight is 485 g/mol. The fourth-order valence-electron chi connectivity index (χ4n) is 5.09. The number of fused-ring (bicyclic) bond motifs is 3. The first-order valence-corrected chi connectivity index (χ1v) is 13.6. The smallest absolute Gasteiger partial charge is 0.243 e. The maximum atomic E-state index is 13.6. The third-order valence-corrected chi connectivity index (χ3v) is 8.79. The van der Waals surface area contributed by atoms with E-state index in [0.717, 1.165) is 24.2 Å². The standard InChI is InChI=1S/C27H36N2O4S/c1-18(2)33-22-11-9-21(10-12-22)28-26(30)24-16-19-6-15-25(24)29(17-19)34(31,32)23-13-7-20(8-14-23)27(3,4)5/h7-14,18-19,24-25H,6,15-17H2,1-5H3,(H,28,30)/t19-,24-,25-/m1/s1. The van der Waals surface area contributed by atoms with E-state index in [1.807, 2.05) is 50.2 Å². The number of piperidine rings is 2. The average Bonchev–Trinajstić information content (AvgIpc) is 2.79. The van der Waals surface area contributed by atoms with Crippen molar-refractivity contribution in [3.63, 3.8) is 0 Å². The minimum Gasteiger partial charge on any atom is -0.491 e. The van der Waals surface area contributed by atoms with Crippen molar-refractivity contribution in [2.45, 2.75) is 76.3 Å². The molecular formula is C27H36N2O4S. The SMILES string of the molecule is CC(C)Oc1ccc(NC(=O)[C@@H]2C[C@H]3CC[C@H]2N(S(=O)(=O)c2ccc(C(C)(C)C)cc2)C3)cc1. The Morgan fingerprint density at radius 1 is 1.03 bits per heavy atom. The van der Waals surface area contributed by atoms with E-state index in [4.69, 9.17) is 4.74 Å². The number of hydrogen-bond donors (Lipinski definition) is 1. The fourth-order valence-corrected chi connectivity index (χ4v) is 6.85. The lowest BCUT2D eigenvalue weighted by atomic mass is 9.73. The lowest BCUT2D eigenvalue weighted by Gasteiger charge is -2.48. The summed E-state index contributed by atoms with van der Waals surface area (Å²) in [6.07, 6.45) is 2.48. The van der Waals surface area contributed by atoms with Gasteiger partial charge in [-0.2, -0.15) is 4.31 Å². The van der Waals surface area contributed by atoms with Crippen molar-refractivity contribution in [1.29, 1.82) is 0 Å². The maximum absolute atomic E-state index is 13.6. The summed E-state index contributed by atoms with van der Waals surface area (Å²) in [5.74, 6) is 0.476. The van der Waals surface area contributed by atoms with Crippen LogP contribution in [0.4, 0.5) is 5.69 Å². The van der Waals surface area contributed by atoms with E-state index in [9.17, 15) is 13.2 Å². The number of carbonyl (C=O) groups excluding carboxylic acids is 1. The van der Waals surface area contributed by atoms with Gasteiger partial charge in [0, 0.05) is 18.3 Å². The highest BCUT2D eigenvalue weighted by Crippen LogP contribution is 2.42. The minimum atomic E-state index is -3.67. The molecule has 1 aliphatic carbocycles. The van der Waals surface area contributed by atoms with Crippen molar-refractivity contribution >= 4 is 21.6 Å². The highest BCUT2D eigenvalue weighted by atomic mass is 32.2. The van der Waals surface area contributed by atoms with E-state index < -0.39 is 10.0 Å². The molecule has 0 unspecified atom stereocenters. The number of sulfonamides is 1. The molecule has 2 aliphatic heterocycles. The van der Waals surface area contributed by atoms with Gasteiger partial charge in [0.25, 0.3) is 0 Å². The van der Waals surface area contributed by atoms with E-state index >= 15 is 0 Å². The molecule has 3 fully saturated rings. The van der Waals surface area contributed by atoms with Gasteiger partial charge < -0.3 is 10.1 Å². The van der Waals surface area contributed by atoms with Gasteiger partial charge in [-0.3, -0.25) is 4.79 Å². The normalized spacial score (nSPS) is 23.2. The molecule has 0 spiro atoms. The van der Waals surface area contributed by atoms with Gasteiger partial charge in [-0.25, -0.2) is 8.42 Å². The van der Waals surface area contributed by atoms with Crippen LogP contribution in [0.15, 0.2) is 53.4 Å². The summed E-state index contributed by atoms with van der Waals surface area (Å²) >= 11 is 0. The Hall–Kier alpha value is -2.38. The Morgan fingerprint density at radius 2 is 1.68 bits per heavy atom. The van der Waals surface area contributed by atoms with Crippen LogP contribution in [-0.2, 0) is 20.2 Å². The van der Waals surface area contributed by atoms with Crippen LogP contribution in [0.1, 0.15) is 59.4 Å². The number of benzene rings is 2. The van der Waals surface area contributed by atoms with Gasteiger partial charge in [-0.15, -0.1) is 0 Å².